The highest BCUT2D eigenvalue weighted by Gasteiger charge is 2.05. The Bertz CT molecular complexity index is 520. The van der Waals surface area contributed by atoms with Gasteiger partial charge in [-0.3, -0.25) is 0 Å². The Morgan fingerprint density at radius 2 is 1.89 bits per heavy atom. The van der Waals surface area contributed by atoms with Gasteiger partial charge in [-0.2, -0.15) is 0 Å². The topological polar surface area (TPSA) is 34.4 Å². The van der Waals surface area contributed by atoms with Gasteiger partial charge in [0.1, 0.15) is 29.8 Å². The summed E-state index contributed by atoms with van der Waals surface area (Å²) in [5.41, 5.74) is 1.01. The van der Waals surface area contributed by atoms with Crippen LogP contribution in [0.4, 0.5) is 8.78 Å². The van der Waals surface area contributed by atoms with E-state index in [9.17, 15) is 8.78 Å². The second kappa shape index (κ2) is 6.33. The molecular weight excluding hydrogens is 252 g/mol. The molecule has 0 amide bonds. The van der Waals surface area contributed by atoms with Gasteiger partial charge in [-0.05, 0) is 12.6 Å². The highest BCUT2D eigenvalue weighted by atomic mass is 19.1. The monoisotopic (exact) mass is 267 g/mol. The van der Waals surface area contributed by atoms with Gasteiger partial charge in [0.05, 0.1) is 6.26 Å². The van der Waals surface area contributed by atoms with Gasteiger partial charge in [0.25, 0.3) is 0 Å². The van der Waals surface area contributed by atoms with E-state index in [0.29, 0.717) is 12.3 Å². The van der Waals surface area contributed by atoms with Crippen molar-refractivity contribution in [3.05, 3.63) is 53.5 Å². The Labute approximate surface area is 110 Å². The summed E-state index contributed by atoms with van der Waals surface area (Å²) < 4.78 is 36.5. The first kappa shape index (κ1) is 13.5. The fourth-order valence-corrected chi connectivity index (χ4v) is 1.63. The Hall–Kier alpha value is -1.88. The molecule has 0 aliphatic rings. The third-order valence-electron chi connectivity index (χ3n) is 2.50. The summed E-state index contributed by atoms with van der Waals surface area (Å²) in [6, 6.07) is 4.91. The normalized spacial score (nSPS) is 10.7. The molecule has 0 fully saturated rings. The average Bonchev–Trinajstić information content (AvgIpc) is 2.81. The number of hydrogen-bond donors (Lipinski definition) is 1. The van der Waals surface area contributed by atoms with E-state index in [1.807, 2.05) is 13.0 Å². The number of rotatable bonds is 6. The van der Waals surface area contributed by atoms with Gasteiger partial charge < -0.3 is 14.5 Å². The van der Waals surface area contributed by atoms with Crippen LogP contribution in [0.15, 0.2) is 34.9 Å². The van der Waals surface area contributed by atoms with Gasteiger partial charge in [-0.1, -0.05) is 6.92 Å². The van der Waals surface area contributed by atoms with Crippen LogP contribution in [-0.2, 0) is 13.2 Å². The Kier molecular flexibility index (Phi) is 4.52. The molecule has 2 aromatic rings. The van der Waals surface area contributed by atoms with Gasteiger partial charge in [-0.25, -0.2) is 8.78 Å². The number of benzene rings is 1. The standard InChI is InChI=1S/C14H15F2NO2/c1-2-17-7-10-3-14(18-8-10)9-19-13-5-11(15)4-12(16)6-13/h3-6,8,17H,2,7,9H2,1H3. The van der Waals surface area contributed by atoms with E-state index in [4.69, 9.17) is 9.15 Å². The molecule has 3 nitrogen and oxygen atoms in total. The van der Waals surface area contributed by atoms with Crippen LogP contribution < -0.4 is 10.1 Å². The highest BCUT2D eigenvalue weighted by molar-refractivity contribution is 5.24. The molecule has 1 N–H and O–H groups in total. The van der Waals surface area contributed by atoms with Crippen LogP contribution in [0, 0.1) is 11.6 Å². The molecule has 1 aromatic carbocycles. The Morgan fingerprint density at radius 3 is 2.58 bits per heavy atom. The summed E-state index contributed by atoms with van der Waals surface area (Å²) in [4.78, 5) is 0. The summed E-state index contributed by atoms with van der Waals surface area (Å²) in [7, 11) is 0. The third kappa shape index (κ3) is 4.06. The summed E-state index contributed by atoms with van der Waals surface area (Å²) >= 11 is 0. The smallest absolute Gasteiger partial charge is 0.146 e. The van der Waals surface area contributed by atoms with Crippen LogP contribution >= 0.6 is 0 Å². The molecule has 1 heterocycles. The molecule has 0 atom stereocenters. The molecule has 19 heavy (non-hydrogen) atoms. The van der Waals surface area contributed by atoms with Gasteiger partial charge in [-0.15, -0.1) is 0 Å². The fraction of sp³-hybridized carbons (Fsp3) is 0.286. The van der Waals surface area contributed by atoms with Crippen molar-refractivity contribution in [2.75, 3.05) is 6.54 Å². The van der Waals surface area contributed by atoms with Crippen LogP contribution in [0.5, 0.6) is 5.75 Å². The van der Waals surface area contributed by atoms with Crippen molar-refractivity contribution in [2.45, 2.75) is 20.1 Å². The maximum atomic E-state index is 12.9. The third-order valence-corrected chi connectivity index (χ3v) is 2.50. The minimum absolute atomic E-state index is 0.134. The van der Waals surface area contributed by atoms with Crippen molar-refractivity contribution in [3.8, 4) is 5.75 Å². The zero-order valence-corrected chi connectivity index (χ0v) is 10.6. The van der Waals surface area contributed by atoms with Crippen LogP contribution in [-0.4, -0.2) is 6.54 Å². The first-order valence-electron chi connectivity index (χ1n) is 6.03. The molecule has 0 bridgehead atoms. The van der Waals surface area contributed by atoms with Crippen LogP contribution in [0.1, 0.15) is 18.2 Å². The lowest BCUT2D eigenvalue weighted by atomic mass is 10.3. The van der Waals surface area contributed by atoms with Gasteiger partial charge >= 0.3 is 0 Å². The second-order valence-corrected chi connectivity index (χ2v) is 4.10. The molecule has 5 heteroatoms. The van der Waals surface area contributed by atoms with Crippen molar-refractivity contribution in [3.63, 3.8) is 0 Å². The maximum absolute atomic E-state index is 12.9. The van der Waals surface area contributed by atoms with E-state index >= 15 is 0 Å². The van der Waals surface area contributed by atoms with Crippen molar-refractivity contribution >= 4 is 0 Å². The number of furan rings is 1. The van der Waals surface area contributed by atoms with Crippen molar-refractivity contribution in [2.24, 2.45) is 0 Å². The maximum Gasteiger partial charge on any atom is 0.146 e. The molecule has 102 valence electrons. The van der Waals surface area contributed by atoms with E-state index < -0.39 is 11.6 Å². The average molecular weight is 267 g/mol. The molecule has 0 spiro atoms. The first-order chi connectivity index (χ1) is 9.17. The number of nitrogens with one attached hydrogen (secondary N) is 1. The molecule has 0 unspecified atom stereocenters. The SMILES string of the molecule is CCNCc1coc(COc2cc(F)cc(F)c2)c1. The first-order valence-corrected chi connectivity index (χ1v) is 6.03. The highest BCUT2D eigenvalue weighted by Crippen LogP contribution is 2.17. The zero-order chi connectivity index (χ0) is 13.7. The molecule has 1 aromatic heterocycles. The predicted molar refractivity (Wildman–Crippen MR) is 66.8 cm³/mol. The molecule has 0 radical (unpaired) electrons. The lowest BCUT2D eigenvalue weighted by Crippen LogP contribution is -2.10. The van der Waals surface area contributed by atoms with E-state index in [2.05, 4.69) is 5.32 Å². The molecule has 0 aliphatic heterocycles. The Morgan fingerprint density at radius 1 is 1.16 bits per heavy atom. The molecule has 0 saturated carbocycles. The zero-order valence-electron chi connectivity index (χ0n) is 10.6. The van der Waals surface area contributed by atoms with Crippen LogP contribution in [0.3, 0.4) is 0 Å². The van der Waals surface area contributed by atoms with Crippen LogP contribution in [0.2, 0.25) is 0 Å². The minimum Gasteiger partial charge on any atom is -0.485 e. The number of hydrogen-bond acceptors (Lipinski definition) is 3. The van der Waals surface area contributed by atoms with E-state index in [1.54, 1.807) is 6.26 Å². The molecule has 2 rings (SSSR count). The molecule has 0 aliphatic carbocycles. The van der Waals surface area contributed by atoms with E-state index in [0.717, 1.165) is 30.3 Å². The summed E-state index contributed by atoms with van der Waals surface area (Å²) in [6.07, 6.45) is 1.63. The molecule has 0 saturated heterocycles. The van der Waals surface area contributed by atoms with Gasteiger partial charge in [0, 0.05) is 30.3 Å². The van der Waals surface area contributed by atoms with Crippen molar-refractivity contribution < 1.29 is 17.9 Å². The van der Waals surface area contributed by atoms with Crippen LogP contribution in [0.25, 0.3) is 0 Å². The Balaban J connectivity index is 1.92. The number of ether oxygens (including phenoxy) is 1. The van der Waals surface area contributed by atoms with Gasteiger partial charge in [0.15, 0.2) is 0 Å². The summed E-state index contributed by atoms with van der Waals surface area (Å²) in [5.74, 6) is -0.579. The second-order valence-electron chi connectivity index (χ2n) is 4.10. The summed E-state index contributed by atoms with van der Waals surface area (Å²) in [5, 5.41) is 3.17. The number of halogens is 2. The summed E-state index contributed by atoms with van der Waals surface area (Å²) in [6.45, 7) is 3.74. The lowest BCUT2D eigenvalue weighted by molar-refractivity contribution is 0.268. The van der Waals surface area contributed by atoms with Gasteiger partial charge in [0.2, 0.25) is 0 Å². The minimum atomic E-state index is -0.665. The van der Waals surface area contributed by atoms with E-state index in [1.165, 1.54) is 0 Å². The molecular formula is C14H15F2NO2. The largest absolute Gasteiger partial charge is 0.485 e. The predicted octanol–water partition coefficient (Wildman–Crippen LogP) is 3.25. The quantitative estimate of drug-likeness (QED) is 0.872. The fourth-order valence-electron chi connectivity index (χ4n) is 1.63. The van der Waals surface area contributed by atoms with E-state index in [-0.39, 0.29) is 12.4 Å². The van der Waals surface area contributed by atoms with Crippen molar-refractivity contribution in [1.82, 2.24) is 5.32 Å². The lowest BCUT2D eigenvalue weighted by Gasteiger charge is -2.04. The van der Waals surface area contributed by atoms with Crippen molar-refractivity contribution in [1.29, 1.82) is 0 Å².